The molecule has 0 aliphatic carbocycles. The Morgan fingerprint density at radius 2 is 1.80 bits per heavy atom. The molecule has 0 spiro atoms. The van der Waals surface area contributed by atoms with Gasteiger partial charge in [0.25, 0.3) is 0 Å². The second kappa shape index (κ2) is 6.57. The van der Waals surface area contributed by atoms with Gasteiger partial charge in [-0.25, -0.2) is 0 Å². The fourth-order valence-electron chi connectivity index (χ4n) is 1.86. The zero-order valence-electron chi connectivity index (χ0n) is 11.6. The van der Waals surface area contributed by atoms with E-state index in [4.69, 9.17) is 4.74 Å². The van der Waals surface area contributed by atoms with Crippen molar-refractivity contribution >= 4 is 17.7 Å². The highest BCUT2D eigenvalue weighted by Gasteiger charge is 2.01. The van der Waals surface area contributed by atoms with Crippen molar-refractivity contribution in [2.75, 3.05) is 12.4 Å². The molecule has 1 amide bonds. The minimum atomic E-state index is -0.162. The Morgan fingerprint density at radius 1 is 1.10 bits per heavy atom. The van der Waals surface area contributed by atoms with Gasteiger partial charge < -0.3 is 10.1 Å². The van der Waals surface area contributed by atoms with E-state index in [1.54, 1.807) is 13.2 Å². The Kier molecular flexibility index (Phi) is 4.56. The molecule has 20 heavy (non-hydrogen) atoms. The lowest BCUT2D eigenvalue weighted by atomic mass is 10.2. The minimum Gasteiger partial charge on any atom is -0.496 e. The molecule has 1 N–H and O–H groups in total. The average Bonchev–Trinajstić information content (AvgIpc) is 2.48. The van der Waals surface area contributed by atoms with E-state index in [0.717, 1.165) is 22.6 Å². The van der Waals surface area contributed by atoms with Crippen LogP contribution >= 0.6 is 0 Å². The van der Waals surface area contributed by atoms with Gasteiger partial charge in [0.15, 0.2) is 0 Å². The van der Waals surface area contributed by atoms with Crippen molar-refractivity contribution < 1.29 is 9.53 Å². The predicted octanol–water partition coefficient (Wildman–Crippen LogP) is 3.66. The molecule has 0 radical (unpaired) electrons. The van der Waals surface area contributed by atoms with Crippen LogP contribution in [0.4, 0.5) is 5.69 Å². The van der Waals surface area contributed by atoms with E-state index in [2.05, 4.69) is 5.32 Å². The average molecular weight is 267 g/mol. The van der Waals surface area contributed by atoms with E-state index in [0.29, 0.717) is 0 Å². The summed E-state index contributed by atoms with van der Waals surface area (Å²) in [7, 11) is 1.61. The maximum atomic E-state index is 11.9. The van der Waals surface area contributed by atoms with Gasteiger partial charge in [0.05, 0.1) is 7.11 Å². The van der Waals surface area contributed by atoms with Crippen LogP contribution in [0.5, 0.6) is 5.75 Å². The quantitative estimate of drug-likeness (QED) is 0.859. The molecule has 2 rings (SSSR count). The smallest absolute Gasteiger partial charge is 0.248 e. The number of rotatable bonds is 4. The summed E-state index contributed by atoms with van der Waals surface area (Å²) in [4.78, 5) is 11.9. The molecule has 0 aliphatic heterocycles. The monoisotopic (exact) mass is 267 g/mol. The highest BCUT2D eigenvalue weighted by Crippen LogP contribution is 2.19. The third-order valence-electron chi connectivity index (χ3n) is 2.96. The van der Waals surface area contributed by atoms with Crippen LogP contribution in [0.2, 0.25) is 0 Å². The van der Waals surface area contributed by atoms with Crippen LogP contribution in [-0.4, -0.2) is 13.0 Å². The number of carbonyl (C=O) groups excluding carboxylic acids is 1. The van der Waals surface area contributed by atoms with Crippen molar-refractivity contribution in [2.45, 2.75) is 6.92 Å². The summed E-state index contributed by atoms with van der Waals surface area (Å²) >= 11 is 0. The number of ether oxygens (including phenoxy) is 1. The number of aryl methyl sites for hydroxylation is 1. The largest absolute Gasteiger partial charge is 0.496 e. The number of para-hydroxylation sites is 2. The Labute approximate surface area is 118 Å². The predicted molar refractivity (Wildman–Crippen MR) is 81.8 cm³/mol. The summed E-state index contributed by atoms with van der Waals surface area (Å²) in [5, 5.41) is 2.85. The summed E-state index contributed by atoms with van der Waals surface area (Å²) in [5.41, 5.74) is 2.73. The zero-order chi connectivity index (χ0) is 14.4. The van der Waals surface area contributed by atoms with E-state index >= 15 is 0 Å². The summed E-state index contributed by atoms with van der Waals surface area (Å²) < 4.78 is 5.23. The van der Waals surface area contributed by atoms with Gasteiger partial charge in [-0.2, -0.15) is 0 Å². The molecule has 0 unspecified atom stereocenters. The van der Waals surface area contributed by atoms with Gasteiger partial charge in [0, 0.05) is 17.3 Å². The molecule has 0 aromatic heterocycles. The van der Waals surface area contributed by atoms with Crippen LogP contribution in [0.25, 0.3) is 6.08 Å². The summed E-state index contributed by atoms with van der Waals surface area (Å²) in [6.45, 7) is 1.96. The number of hydrogen-bond donors (Lipinski definition) is 1. The first-order chi connectivity index (χ1) is 9.70. The molecule has 2 aromatic rings. The van der Waals surface area contributed by atoms with E-state index in [-0.39, 0.29) is 5.91 Å². The minimum absolute atomic E-state index is 0.162. The first kappa shape index (κ1) is 13.9. The fraction of sp³-hybridized carbons (Fsp3) is 0.118. The Morgan fingerprint density at radius 3 is 2.55 bits per heavy atom. The second-order valence-electron chi connectivity index (χ2n) is 4.38. The number of benzene rings is 2. The number of carbonyl (C=O) groups is 1. The topological polar surface area (TPSA) is 38.3 Å². The zero-order valence-corrected chi connectivity index (χ0v) is 11.6. The SMILES string of the molecule is COc1ccccc1C=CC(=O)Nc1ccccc1C. The van der Waals surface area contributed by atoms with Crippen LogP contribution in [0, 0.1) is 6.92 Å². The van der Waals surface area contributed by atoms with Gasteiger partial charge in [0.1, 0.15) is 5.75 Å². The van der Waals surface area contributed by atoms with Crippen LogP contribution in [0.1, 0.15) is 11.1 Å². The van der Waals surface area contributed by atoms with Gasteiger partial charge in [-0.1, -0.05) is 36.4 Å². The number of hydrogen-bond acceptors (Lipinski definition) is 2. The van der Waals surface area contributed by atoms with E-state index in [9.17, 15) is 4.79 Å². The van der Waals surface area contributed by atoms with Crippen LogP contribution in [-0.2, 0) is 4.79 Å². The first-order valence-corrected chi connectivity index (χ1v) is 6.38. The molecule has 0 aliphatic rings. The van der Waals surface area contributed by atoms with Crippen LogP contribution < -0.4 is 10.1 Å². The molecule has 0 saturated carbocycles. The third-order valence-corrected chi connectivity index (χ3v) is 2.96. The Hall–Kier alpha value is -2.55. The third kappa shape index (κ3) is 3.48. The maximum Gasteiger partial charge on any atom is 0.248 e. The molecule has 3 heteroatoms. The first-order valence-electron chi connectivity index (χ1n) is 6.38. The lowest BCUT2D eigenvalue weighted by molar-refractivity contribution is -0.111. The fourth-order valence-corrected chi connectivity index (χ4v) is 1.86. The molecule has 2 aromatic carbocycles. The molecule has 102 valence electrons. The summed E-state index contributed by atoms with van der Waals surface area (Å²) in [6, 6.07) is 15.2. The van der Waals surface area contributed by atoms with E-state index in [1.807, 2.05) is 55.5 Å². The van der Waals surface area contributed by atoms with Crippen molar-refractivity contribution in [3.63, 3.8) is 0 Å². The van der Waals surface area contributed by atoms with Crippen LogP contribution in [0.3, 0.4) is 0 Å². The standard InChI is InChI=1S/C17H17NO2/c1-13-7-3-5-9-15(13)18-17(19)12-11-14-8-4-6-10-16(14)20-2/h3-12H,1-2H3,(H,18,19). The maximum absolute atomic E-state index is 11.9. The van der Waals surface area contributed by atoms with Crippen molar-refractivity contribution in [3.05, 3.63) is 65.7 Å². The number of nitrogens with one attached hydrogen (secondary N) is 1. The van der Waals surface area contributed by atoms with Crippen molar-refractivity contribution in [2.24, 2.45) is 0 Å². The Bertz CT molecular complexity index is 632. The van der Waals surface area contributed by atoms with E-state index < -0.39 is 0 Å². The number of anilines is 1. The molecular formula is C17H17NO2. The number of amides is 1. The molecule has 0 heterocycles. The highest BCUT2D eigenvalue weighted by atomic mass is 16.5. The molecule has 0 saturated heterocycles. The summed E-state index contributed by atoms with van der Waals surface area (Å²) in [6.07, 6.45) is 3.25. The Balaban J connectivity index is 2.08. The lowest BCUT2D eigenvalue weighted by Gasteiger charge is -2.06. The van der Waals surface area contributed by atoms with Crippen molar-refractivity contribution in [1.29, 1.82) is 0 Å². The second-order valence-corrected chi connectivity index (χ2v) is 4.38. The molecule has 0 bridgehead atoms. The van der Waals surface area contributed by atoms with E-state index in [1.165, 1.54) is 6.08 Å². The van der Waals surface area contributed by atoms with Crippen molar-refractivity contribution in [3.8, 4) is 5.75 Å². The van der Waals surface area contributed by atoms with Crippen molar-refractivity contribution in [1.82, 2.24) is 0 Å². The molecule has 0 fully saturated rings. The number of methoxy groups -OCH3 is 1. The van der Waals surface area contributed by atoms with Gasteiger partial charge in [-0.3, -0.25) is 4.79 Å². The highest BCUT2D eigenvalue weighted by molar-refractivity contribution is 6.02. The lowest BCUT2D eigenvalue weighted by Crippen LogP contribution is -2.08. The molecule has 3 nitrogen and oxygen atoms in total. The summed E-state index contributed by atoms with van der Waals surface area (Å²) in [5.74, 6) is 0.581. The van der Waals surface area contributed by atoms with Gasteiger partial charge in [-0.05, 0) is 30.7 Å². The normalized spacial score (nSPS) is 10.5. The van der Waals surface area contributed by atoms with Gasteiger partial charge in [0.2, 0.25) is 5.91 Å². The molecule has 0 atom stereocenters. The van der Waals surface area contributed by atoms with Crippen LogP contribution in [0.15, 0.2) is 54.6 Å². The van der Waals surface area contributed by atoms with Gasteiger partial charge >= 0.3 is 0 Å². The van der Waals surface area contributed by atoms with Gasteiger partial charge in [-0.15, -0.1) is 0 Å². The molecular weight excluding hydrogens is 250 g/mol.